The summed E-state index contributed by atoms with van der Waals surface area (Å²) in [6.45, 7) is 8.44. The third-order valence-corrected chi connectivity index (χ3v) is 3.26. The largest absolute Gasteiger partial charge is 0.0952 e. The summed E-state index contributed by atoms with van der Waals surface area (Å²) >= 11 is 0. The van der Waals surface area contributed by atoms with Crippen LogP contribution in [0, 0.1) is 13.8 Å². The van der Waals surface area contributed by atoms with E-state index in [1.54, 1.807) is 0 Å². The topological polar surface area (TPSA) is 0 Å². The molecule has 0 nitrogen and oxygen atoms in total. The Kier molecular flexibility index (Phi) is 3.99. The number of benzene rings is 2. The minimum absolute atomic E-state index is 1.02. The number of allylic oxidation sites excluding steroid dienone is 1. The van der Waals surface area contributed by atoms with E-state index in [0.29, 0.717) is 0 Å². The van der Waals surface area contributed by atoms with Gasteiger partial charge in [0, 0.05) is 0 Å². The minimum Gasteiger partial charge on any atom is -0.0952 e. The van der Waals surface area contributed by atoms with Crippen molar-refractivity contribution in [3.63, 3.8) is 0 Å². The molecule has 0 saturated carbocycles. The molecule has 0 bridgehead atoms. The Bertz CT molecular complexity index is 532. The molecule has 0 fully saturated rings. The van der Waals surface area contributed by atoms with Crippen LogP contribution < -0.4 is 0 Å². The summed E-state index contributed by atoms with van der Waals surface area (Å²) in [4.78, 5) is 0. The minimum atomic E-state index is 1.02. The van der Waals surface area contributed by atoms with Crippen molar-refractivity contribution in [1.82, 2.24) is 0 Å². The first-order valence-corrected chi connectivity index (χ1v) is 6.45. The second kappa shape index (κ2) is 5.68. The fourth-order valence-electron chi connectivity index (χ4n) is 2.06. The first kappa shape index (κ1) is 12.6. The molecular weight excluding hydrogens is 216 g/mol. The molecule has 0 saturated heterocycles. The van der Waals surface area contributed by atoms with Crippen LogP contribution in [0.1, 0.15) is 28.7 Å². The standard InChI is InChI=1S/C18H20/c1-14-7-10-17(11-8-14)12-9-16(3)18-6-4-5-15(2)13-18/h4-8,10-11,13H,3,9,12H2,1-2H3. The highest BCUT2D eigenvalue weighted by Crippen LogP contribution is 2.19. The Morgan fingerprint density at radius 3 is 2.33 bits per heavy atom. The molecule has 0 heterocycles. The molecule has 18 heavy (non-hydrogen) atoms. The van der Waals surface area contributed by atoms with Crippen molar-refractivity contribution < 1.29 is 0 Å². The molecule has 92 valence electrons. The zero-order valence-electron chi connectivity index (χ0n) is 11.2. The van der Waals surface area contributed by atoms with Gasteiger partial charge in [0.05, 0.1) is 0 Å². The van der Waals surface area contributed by atoms with Crippen LogP contribution in [0.2, 0.25) is 0 Å². The van der Waals surface area contributed by atoms with Crippen LogP contribution in [0.4, 0.5) is 0 Å². The third kappa shape index (κ3) is 3.33. The van der Waals surface area contributed by atoms with Gasteiger partial charge in [0.2, 0.25) is 0 Å². The SMILES string of the molecule is C=C(CCc1ccc(C)cc1)c1cccc(C)c1. The van der Waals surface area contributed by atoms with Gasteiger partial charge in [-0.2, -0.15) is 0 Å². The van der Waals surface area contributed by atoms with Gasteiger partial charge in [-0.1, -0.05) is 66.2 Å². The quantitative estimate of drug-likeness (QED) is 0.704. The highest BCUT2D eigenvalue weighted by molar-refractivity contribution is 5.64. The monoisotopic (exact) mass is 236 g/mol. The second-order valence-corrected chi connectivity index (χ2v) is 4.96. The fraction of sp³-hybridized carbons (Fsp3) is 0.222. The van der Waals surface area contributed by atoms with Crippen molar-refractivity contribution in [2.24, 2.45) is 0 Å². The first-order valence-electron chi connectivity index (χ1n) is 6.45. The maximum Gasteiger partial charge on any atom is -0.0228 e. The van der Waals surface area contributed by atoms with E-state index in [-0.39, 0.29) is 0 Å². The van der Waals surface area contributed by atoms with Gasteiger partial charge in [-0.3, -0.25) is 0 Å². The van der Waals surface area contributed by atoms with Crippen LogP contribution in [-0.4, -0.2) is 0 Å². The Labute approximate surface area is 110 Å². The van der Waals surface area contributed by atoms with Crippen molar-refractivity contribution in [1.29, 1.82) is 0 Å². The van der Waals surface area contributed by atoms with Crippen LogP contribution in [0.15, 0.2) is 55.1 Å². The van der Waals surface area contributed by atoms with E-state index in [9.17, 15) is 0 Å². The molecule has 0 radical (unpaired) electrons. The van der Waals surface area contributed by atoms with E-state index < -0.39 is 0 Å². The Morgan fingerprint density at radius 2 is 1.67 bits per heavy atom. The van der Waals surface area contributed by atoms with E-state index in [1.807, 2.05) is 0 Å². The summed E-state index contributed by atoms with van der Waals surface area (Å²) in [5, 5.41) is 0. The second-order valence-electron chi connectivity index (χ2n) is 4.96. The number of aryl methyl sites for hydroxylation is 3. The van der Waals surface area contributed by atoms with Crippen molar-refractivity contribution in [2.45, 2.75) is 26.7 Å². The van der Waals surface area contributed by atoms with Gasteiger partial charge in [0.25, 0.3) is 0 Å². The molecule has 0 amide bonds. The van der Waals surface area contributed by atoms with Crippen LogP contribution in [0.3, 0.4) is 0 Å². The number of hydrogen-bond donors (Lipinski definition) is 0. The molecule has 0 N–H and O–H groups in total. The van der Waals surface area contributed by atoms with Gasteiger partial charge in [0.1, 0.15) is 0 Å². The highest BCUT2D eigenvalue weighted by atomic mass is 14.1. The maximum atomic E-state index is 4.20. The molecule has 2 rings (SSSR count). The van der Waals surface area contributed by atoms with Crippen molar-refractivity contribution >= 4 is 5.57 Å². The predicted octanol–water partition coefficient (Wildman–Crippen LogP) is 4.95. The molecule has 0 aliphatic rings. The van der Waals surface area contributed by atoms with Gasteiger partial charge in [-0.05, 0) is 43.4 Å². The van der Waals surface area contributed by atoms with E-state index in [4.69, 9.17) is 0 Å². The molecule has 2 aromatic rings. The zero-order valence-corrected chi connectivity index (χ0v) is 11.2. The van der Waals surface area contributed by atoms with Crippen molar-refractivity contribution in [2.75, 3.05) is 0 Å². The van der Waals surface area contributed by atoms with E-state index in [0.717, 1.165) is 12.8 Å². The maximum absolute atomic E-state index is 4.20. The van der Waals surface area contributed by atoms with Crippen LogP contribution in [-0.2, 0) is 6.42 Å². The Morgan fingerprint density at radius 1 is 0.944 bits per heavy atom. The third-order valence-electron chi connectivity index (χ3n) is 3.26. The zero-order chi connectivity index (χ0) is 13.0. The summed E-state index contributed by atoms with van der Waals surface area (Å²) < 4.78 is 0. The van der Waals surface area contributed by atoms with E-state index in [2.05, 4.69) is 69.0 Å². The van der Waals surface area contributed by atoms with Crippen LogP contribution in [0.25, 0.3) is 5.57 Å². The van der Waals surface area contributed by atoms with Gasteiger partial charge >= 0.3 is 0 Å². The van der Waals surface area contributed by atoms with Gasteiger partial charge < -0.3 is 0 Å². The van der Waals surface area contributed by atoms with Crippen LogP contribution in [0.5, 0.6) is 0 Å². The highest BCUT2D eigenvalue weighted by Gasteiger charge is 2.00. The van der Waals surface area contributed by atoms with Gasteiger partial charge in [0.15, 0.2) is 0 Å². The molecular formula is C18H20. The number of rotatable bonds is 4. The predicted molar refractivity (Wildman–Crippen MR) is 79.7 cm³/mol. The summed E-state index contributed by atoms with van der Waals surface area (Å²) in [5.74, 6) is 0. The lowest BCUT2D eigenvalue weighted by molar-refractivity contribution is 1.02. The lowest BCUT2D eigenvalue weighted by atomic mass is 9.98. The molecule has 0 heteroatoms. The fourth-order valence-corrected chi connectivity index (χ4v) is 2.06. The van der Waals surface area contributed by atoms with Crippen LogP contribution >= 0.6 is 0 Å². The average Bonchev–Trinajstić information content (AvgIpc) is 2.38. The Hall–Kier alpha value is -1.82. The number of hydrogen-bond acceptors (Lipinski definition) is 0. The van der Waals surface area contributed by atoms with Crippen molar-refractivity contribution in [3.05, 3.63) is 77.4 Å². The average molecular weight is 236 g/mol. The lowest BCUT2D eigenvalue weighted by Gasteiger charge is -2.07. The molecule has 0 unspecified atom stereocenters. The van der Waals surface area contributed by atoms with E-state index >= 15 is 0 Å². The molecule has 0 aliphatic carbocycles. The Balaban J connectivity index is 1.98. The molecule has 0 aromatic heterocycles. The summed E-state index contributed by atoms with van der Waals surface area (Å²) in [7, 11) is 0. The normalized spacial score (nSPS) is 10.3. The smallest absolute Gasteiger partial charge is 0.0228 e. The summed E-state index contributed by atoms with van der Waals surface area (Å²) in [6.07, 6.45) is 2.08. The van der Waals surface area contributed by atoms with Gasteiger partial charge in [-0.15, -0.1) is 0 Å². The van der Waals surface area contributed by atoms with Gasteiger partial charge in [-0.25, -0.2) is 0 Å². The molecule has 0 atom stereocenters. The molecule has 2 aromatic carbocycles. The summed E-state index contributed by atoms with van der Waals surface area (Å²) in [5.41, 5.74) is 6.48. The molecule has 0 spiro atoms. The summed E-state index contributed by atoms with van der Waals surface area (Å²) in [6, 6.07) is 17.3. The molecule has 0 aliphatic heterocycles. The first-order chi connectivity index (χ1) is 8.65. The van der Waals surface area contributed by atoms with E-state index in [1.165, 1.54) is 27.8 Å². The van der Waals surface area contributed by atoms with Crippen molar-refractivity contribution in [3.8, 4) is 0 Å². The lowest BCUT2D eigenvalue weighted by Crippen LogP contribution is -1.89.